The third-order valence-corrected chi connectivity index (χ3v) is 2.87. The maximum atomic E-state index is 13.2. The molecule has 0 aliphatic carbocycles. The van der Waals surface area contributed by atoms with Crippen LogP contribution in [-0.2, 0) is 0 Å². The van der Waals surface area contributed by atoms with Crippen LogP contribution >= 0.6 is 27.5 Å². The van der Waals surface area contributed by atoms with Crippen LogP contribution in [0, 0.1) is 12.7 Å². The zero-order valence-electron chi connectivity index (χ0n) is 7.71. The first kappa shape index (κ1) is 10.6. The van der Waals surface area contributed by atoms with Gasteiger partial charge in [-0.05, 0) is 52.2 Å². The standard InChI is InChI=1S/C9H6BrClFN3/c1-5-2-7(12)6(10)3-8(5)15-4-13-14-9(15)11/h2-4H,1H3. The van der Waals surface area contributed by atoms with E-state index in [0.29, 0.717) is 4.47 Å². The number of aryl methyl sites for hydroxylation is 1. The molecule has 15 heavy (non-hydrogen) atoms. The quantitative estimate of drug-likeness (QED) is 0.808. The number of nitrogens with zero attached hydrogens (tertiary/aromatic N) is 3. The fraction of sp³-hybridized carbons (Fsp3) is 0.111. The molecule has 0 unspecified atom stereocenters. The highest BCUT2D eigenvalue weighted by Crippen LogP contribution is 2.24. The van der Waals surface area contributed by atoms with Gasteiger partial charge in [-0.15, -0.1) is 10.2 Å². The summed E-state index contributed by atoms with van der Waals surface area (Å²) < 4.78 is 15.1. The van der Waals surface area contributed by atoms with Gasteiger partial charge in [0.15, 0.2) is 0 Å². The van der Waals surface area contributed by atoms with Crippen LogP contribution in [-0.4, -0.2) is 14.8 Å². The highest BCUT2D eigenvalue weighted by atomic mass is 79.9. The van der Waals surface area contributed by atoms with Crippen molar-refractivity contribution < 1.29 is 4.39 Å². The molecule has 0 spiro atoms. The fourth-order valence-corrected chi connectivity index (χ4v) is 1.79. The van der Waals surface area contributed by atoms with Crippen molar-refractivity contribution >= 4 is 27.5 Å². The van der Waals surface area contributed by atoms with Gasteiger partial charge in [0.05, 0.1) is 10.2 Å². The number of hydrogen-bond donors (Lipinski definition) is 0. The van der Waals surface area contributed by atoms with E-state index < -0.39 is 0 Å². The van der Waals surface area contributed by atoms with Crippen molar-refractivity contribution in [2.45, 2.75) is 6.92 Å². The molecule has 1 heterocycles. The summed E-state index contributed by atoms with van der Waals surface area (Å²) in [5, 5.41) is 7.57. The van der Waals surface area contributed by atoms with E-state index in [9.17, 15) is 4.39 Å². The molecule has 0 N–H and O–H groups in total. The predicted octanol–water partition coefficient (Wildman–Crippen LogP) is 3.13. The van der Waals surface area contributed by atoms with Crippen molar-refractivity contribution in [1.82, 2.24) is 14.8 Å². The lowest BCUT2D eigenvalue weighted by molar-refractivity contribution is 0.619. The van der Waals surface area contributed by atoms with Crippen molar-refractivity contribution in [2.75, 3.05) is 0 Å². The van der Waals surface area contributed by atoms with Crippen LogP contribution in [0.4, 0.5) is 4.39 Å². The third-order valence-electron chi connectivity index (χ3n) is 2.00. The van der Waals surface area contributed by atoms with Gasteiger partial charge in [0.1, 0.15) is 12.1 Å². The number of rotatable bonds is 1. The first-order chi connectivity index (χ1) is 7.09. The first-order valence-corrected chi connectivity index (χ1v) is 5.28. The minimum Gasteiger partial charge on any atom is -0.272 e. The topological polar surface area (TPSA) is 30.7 Å². The Morgan fingerprint density at radius 2 is 2.20 bits per heavy atom. The van der Waals surface area contributed by atoms with Crippen LogP contribution < -0.4 is 0 Å². The summed E-state index contributed by atoms with van der Waals surface area (Å²) in [6.07, 6.45) is 1.48. The van der Waals surface area contributed by atoms with Crippen molar-refractivity contribution in [3.8, 4) is 5.69 Å². The molecule has 1 aromatic carbocycles. The molecule has 0 amide bonds. The van der Waals surface area contributed by atoms with E-state index in [0.717, 1.165) is 11.3 Å². The maximum Gasteiger partial charge on any atom is 0.229 e. The number of halogens is 3. The molecule has 2 rings (SSSR count). The lowest BCUT2D eigenvalue weighted by Crippen LogP contribution is -1.97. The Bertz CT molecular complexity index is 512. The molecule has 2 aromatic rings. The smallest absolute Gasteiger partial charge is 0.229 e. The molecule has 1 aromatic heterocycles. The number of hydrogen-bond acceptors (Lipinski definition) is 2. The summed E-state index contributed by atoms with van der Waals surface area (Å²) >= 11 is 8.94. The monoisotopic (exact) mass is 289 g/mol. The van der Waals surface area contributed by atoms with Crippen LogP contribution in [0.1, 0.15) is 5.56 Å². The minimum absolute atomic E-state index is 0.247. The summed E-state index contributed by atoms with van der Waals surface area (Å²) in [6.45, 7) is 1.79. The average molecular weight is 291 g/mol. The molecule has 0 atom stereocenters. The maximum absolute atomic E-state index is 13.2. The second-order valence-electron chi connectivity index (χ2n) is 3.02. The Hall–Kier alpha value is -0.940. The van der Waals surface area contributed by atoms with E-state index in [-0.39, 0.29) is 11.1 Å². The number of aromatic nitrogens is 3. The first-order valence-electron chi connectivity index (χ1n) is 4.11. The van der Waals surface area contributed by atoms with Crippen LogP contribution in [0.25, 0.3) is 5.69 Å². The summed E-state index contributed by atoms with van der Waals surface area (Å²) in [7, 11) is 0. The zero-order valence-corrected chi connectivity index (χ0v) is 10.0. The highest BCUT2D eigenvalue weighted by Gasteiger charge is 2.09. The highest BCUT2D eigenvalue weighted by molar-refractivity contribution is 9.10. The van der Waals surface area contributed by atoms with Gasteiger partial charge in [-0.25, -0.2) is 4.39 Å². The van der Waals surface area contributed by atoms with Crippen LogP contribution in [0.15, 0.2) is 22.9 Å². The molecule has 0 saturated heterocycles. The minimum atomic E-state index is -0.305. The molecule has 3 nitrogen and oxygen atoms in total. The Morgan fingerprint density at radius 1 is 1.47 bits per heavy atom. The normalized spacial score (nSPS) is 10.7. The third kappa shape index (κ3) is 1.89. The Labute approximate surface area is 99.0 Å². The molecule has 0 aliphatic rings. The van der Waals surface area contributed by atoms with Gasteiger partial charge in [-0.1, -0.05) is 0 Å². The van der Waals surface area contributed by atoms with Crippen molar-refractivity contribution in [3.63, 3.8) is 0 Å². The summed E-state index contributed by atoms with van der Waals surface area (Å²) in [5.41, 5.74) is 1.51. The molecular formula is C9H6BrClFN3. The molecular weight excluding hydrogens is 284 g/mol. The van der Waals surface area contributed by atoms with Gasteiger partial charge in [-0.3, -0.25) is 4.57 Å². The van der Waals surface area contributed by atoms with E-state index in [1.54, 1.807) is 17.6 Å². The summed E-state index contributed by atoms with van der Waals surface area (Å²) in [5.74, 6) is -0.305. The molecule has 0 saturated carbocycles. The zero-order chi connectivity index (χ0) is 11.0. The Morgan fingerprint density at radius 3 is 2.80 bits per heavy atom. The molecule has 0 fully saturated rings. The molecule has 78 valence electrons. The largest absolute Gasteiger partial charge is 0.272 e. The van der Waals surface area contributed by atoms with Gasteiger partial charge in [0.25, 0.3) is 0 Å². The van der Waals surface area contributed by atoms with Crippen LogP contribution in [0.5, 0.6) is 0 Å². The Balaban J connectivity index is 2.64. The van der Waals surface area contributed by atoms with E-state index in [2.05, 4.69) is 26.1 Å². The fourth-order valence-electron chi connectivity index (χ4n) is 1.28. The average Bonchev–Trinajstić information content (AvgIpc) is 2.58. The van der Waals surface area contributed by atoms with Crippen LogP contribution in [0.3, 0.4) is 0 Å². The lowest BCUT2D eigenvalue weighted by atomic mass is 10.2. The van der Waals surface area contributed by atoms with Gasteiger partial charge in [0.2, 0.25) is 5.28 Å². The SMILES string of the molecule is Cc1cc(F)c(Br)cc1-n1cnnc1Cl. The second kappa shape index (κ2) is 3.90. The van der Waals surface area contributed by atoms with Gasteiger partial charge in [0, 0.05) is 0 Å². The summed E-state index contributed by atoms with van der Waals surface area (Å²) in [4.78, 5) is 0. The molecule has 0 bridgehead atoms. The Kier molecular flexibility index (Phi) is 2.75. The molecule has 0 aliphatic heterocycles. The summed E-state index contributed by atoms with van der Waals surface area (Å²) in [6, 6.07) is 3.07. The molecule has 0 radical (unpaired) electrons. The second-order valence-corrected chi connectivity index (χ2v) is 4.22. The van der Waals surface area contributed by atoms with Crippen molar-refractivity contribution in [2.24, 2.45) is 0 Å². The van der Waals surface area contributed by atoms with E-state index >= 15 is 0 Å². The van der Waals surface area contributed by atoms with E-state index in [1.807, 2.05) is 0 Å². The van der Waals surface area contributed by atoms with Crippen molar-refractivity contribution in [3.05, 3.63) is 39.6 Å². The number of benzene rings is 1. The van der Waals surface area contributed by atoms with Crippen molar-refractivity contribution in [1.29, 1.82) is 0 Å². The van der Waals surface area contributed by atoms with Gasteiger partial charge in [-0.2, -0.15) is 0 Å². The predicted molar refractivity (Wildman–Crippen MR) is 58.8 cm³/mol. The van der Waals surface area contributed by atoms with E-state index in [4.69, 9.17) is 11.6 Å². The molecule has 6 heteroatoms. The lowest BCUT2D eigenvalue weighted by Gasteiger charge is -2.08. The van der Waals surface area contributed by atoms with Gasteiger partial charge >= 0.3 is 0 Å². The van der Waals surface area contributed by atoms with Gasteiger partial charge < -0.3 is 0 Å². The van der Waals surface area contributed by atoms with Crippen LogP contribution in [0.2, 0.25) is 5.28 Å². The van der Waals surface area contributed by atoms with E-state index in [1.165, 1.54) is 12.4 Å².